The van der Waals surface area contributed by atoms with Crippen LogP contribution in [0.15, 0.2) is 30.6 Å². The van der Waals surface area contributed by atoms with Crippen molar-refractivity contribution in [3.8, 4) is 0 Å². The van der Waals surface area contributed by atoms with Crippen LogP contribution in [0, 0.1) is 5.82 Å². The maximum Gasteiger partial charge on any atom is 0.223 e. The molecule has 1 saturated carbocycles. The second-order valence-corrected chi connectivity index (χ2v) is 6.80. The molecule has 1 aliphatic carbocycles. The minimum atomic E-state index is -0.249. The predicted octanol–water partition coefficient (Wildman–Crippen LogP) is 3.25. The quantitative estimate of drug-likeness (QED) is 0.808. The standard InChI is InChI=1S/C19H25FN4O/c1-23-14-21-22-18(23)11-12-19(25)24(17-5-3-2-4-6-17)13-15-7-9-16(20)10-8-15/h7-10,14,17H,2-6,11-13H2,1H3. The third-order valence-corrected chi connectivity index (χ3v) is 4.97. The molecule has 0 spiro atoms. The Morgan fingerprint density at radius 2 is 1.96 bits per heavy atom. The summed E-state index contributed by atoms with van der Waals surface area (Å²) in [6.07, 6.45) is 8.34. The number of aryl methyl sites for hydroxylation is 2. The summed E-state index contributed by atoms with van der Waals surface area (Å²) in [7, 11) is 1.89. The van der Waals surface area contributed by atoms with Crippen molar-refractivity contribution >= 4 is 5.91 Å². The van der Waals surface area contributed by atoms with Crippen molar-refractivity contribution in [1.29, 1.82) is 0 Å². The molecule has 1 heterocycles. The van der Waals surface area contributed by atoms with Crippen LogP contribution in [0.5, 0.6) is 0 Å². The first-order valence-electron chi connectivity index (χ1n) is 9.00. The minimum Gasteiger partial charge on any atom is -0.335 e. The molecule has 1 aliphatic rings. The van der Waals surface area contributed by atoms with Gasteiger partial charge in [0, 0.05) is 32.5 Å². The van der Waals surface area contributed by atoms with Gasteiger partial charge in [-0.1, -0.05) is 31.4 Å². The van der Waals surface area contributed by atoms with Gasteiger partial charge in [-0.05, 0) is 30.5 Å². The van der Waals surface area contributed by atoms with Crippen LogP contribution >= 0.6 is 0 Å². The number of nitrogens with zero attached hydrogens (tertiary/aromatic N) is 4. The first-order chi connectivity index (χ1) is 12.1. The second-order valence-electron chi connectivity index (χ2n) is 6.80. The normalized spacial score (nSPS) is 15.3. The highest BCUT2D eigenvalue weighted by Crippen LogP contribution is 2.25. The molecule has 0 unspecified atom stereocenters. The number of hydrogen-bond donors (Lipinski definition) is 0. The lowest BCUT2D eigenvalue weighted by atomic mass is 9.93. The van der Waals surface area contributed by atoms with Crippen LogP contribution in [-0.4, -0.2) is 31.6 Å². The molecule has 3 rings (SSSR count). The van der Waals surface area contributed by atoms with Crippen LogP contribution in [0.2, 0.25) is 0 Å². The largest absolute Gasteiger partial charge is 0.335 e. The van der Waals surface area contributed by atoms with Crippen molar-refractivity contribution in [2.24, 2.45) is 7.05 Å². The van der Waals surface area contributed by atoms with Gasteiger partial charge in [-0.15, -0.1) is 10.2 Å². The average Bonchev–Trinajstić information content (AvgIpc) is 3.05. The Hall–Kier alpha value is -2.24. The van der Waals surface area contributed by atoms with Crippen LogP contribution in [0.3, 0.4) is 0 Å². The van der Waals surface area contributed by atoms with E-state index in [0.29, 0.717) is 19.4 Å². The number of benzene rings is 1. The van der Waals surface area contributed by atoms with Gasteiger partial charge >= 0.3 is 0 Å². The summed E-state index contributed by atoms with van der Waals surface area (Å²) in [5.41, 5.74) is 0.971. The number of carbonyl (C=O) groups excluding carboxylic acids is 1. The topological polar surface area (TPSA) is 51.0 Å². The summed E-state index contributed by atoms with van der Waals surface area (Å²) in [5.74, 6) is 0.708. The molecule has 1 aromatic carbocycles. The molecule has 0 aliphatic heterocycles. The fraction of sp³-hybridized carbons (Fsp3) is 0.526. The highest BCUT2D eigenvalue weighted by Gasteiger charge is 2.25. The number of aromatic nitrogens is 3. The summed E-state index contributed by atoms with van der Waals surface area (Å²) >= 11 is 0. The van der Waals surface area contributed by atoms with E-state index in [2.05, 4.69) is 10.2 Å². The molecule has 1 amide bonds. The molecule has 0 radical (unpaired) electrons. The molecular weight excluding hydrogens is 319 g/mol. The molecule has 0 atom stereocenters. The maximum absolute atomic E-state index is 13.2. The Labute approximate surface area is 147 Å². The zero-order valence-electron chi connectivity index (χ0n) is 14.7. The fourth-order valence-corrected chi connectivity index (χ4v) is 3.50. The summed E-state index contributed by atoms with van der Waals surface area (Å²) in [6.45, 7) is 0.544. The first-order valence-corrected chi connectivity index (χ1v) is 9.00. The van der Waals surface area contributed by atoms with Gasteiger partial charge in [0.05, 0.1) is 0 Å². The van der Waals surface area contributed by atoms with Gasteiger partial charge in [0.2, 0.25) is 5.91 Å². The lowest BCUT2D eigenvalue weighted by Gasteiger charge is -2.34. The predicted molar refractivity (Wildman–Crippen MR) is 93.1 cm³/mol. The Morgan fingerprint density at radius 1 is 1.24 bits per heavy atom. The zero-order chi connectivity index (χ0) is 17.6. The van der Waals surface area contributed by atoms with Crippen molar-refractivity contribution in [3.63, 3.8) is 0 Å². The molecule has 0 saturated heterocycles. The Kier molecular flexibility index (Phi) is 5.79. The van der Waals surface area contributed by atoms with Gasteiger partial charge in [-0.3, -0.25) is 4.79 Å². The number of amides is 1. The van der Waals surface area contributed by atoms with E-state index in [0.717, 1.165) is 24.2 Å². The first kappa shape index (κ1) is 17.6. The number of hydrogen-bond acceptors (Lipinski definition) is 3. The van der Waals surface area contributed by atoms with E-state index in [1.807, 2.05) is 16.5 Å². The monoisotopic (exact) mass is 344 g/mol. The smallest absolute Gasteiger partial charge is 0.223 e. The van der Waals surface area contributed by atoms with E-state index >= 15 is 0 Å². The van der Waals surface area contributed by atoms with Gasteiger partial charge in [0.1, 0.15) is 18.0 Å². The summed E-state index contributed by atoms with van der Waals surface area (Å²) in [6, 6.07) is 6.73. The van der Waals surface area contributed by atoms with E-state index in [9.17, 15) is 9.18 Å². The van der Waals surface area contributed by atoms with Gasteiger partial charge < -0.3 is 9.47 Å². The average molecular weight is 344 g/mol. The van der Waals surface area contributed by atoms with E-state index < -0.39 is 0 Å². The third-order valence-electron chi connectivity index (χ3n) is 4.97. The maximum atomic E-state index is 13.2. The molecule has 1 fully saturated rings. The molecule has 0 bridgehead atoms. The minimum absolute atomic E-state index is 0.138. The molecule has 0 N–H and O–H groups in total. The Balaban J connectivity index is 1.69. The Morgan fingerprint density at radius 3 is 2.60 bits per heavy atom. The lowest BCUT2D eigenvalue weighted by Crippen LogP contribution is -2.41. The third kappa shape index (κ3) is 4.65. The SMILES string of the molecule is Cn1cnnc1CCC(=O)N(Cc1ccc(F)cc1)C1CCCCC1. The highest BCUT2D eigenvalue weighted by molar-refractivity contribution is 5.76. The zero-order valence-corrected chi connectivity index (χ0v) is 14.7. The summed E-state index contributed by atoms with van der Waals surface area (Å²) in [4.78, 5) is 14.9. The van der Waals surface area contributed by atoms with Crippen LogP contribution in [-0.2, 0) is 24.8 Å². The van der Waals surface area contributed by atoms with Crippen molar-refractivity contribution in [2.45, 2.75) is 57.5 Å². The molecule has 5 nitrogen and oxygen atoms in total. The van der Waals surface area contributed by atoms with Crippen molar-refractivity contribution < 1.29 is 9.18 Å². The van der Waals surface area contributed by atoms with Crippen molar-refractivity contribution in [3.05, 3.63) is 47.8 Å². The molecule has 1 aromatic heterocycles. The molecular formula is C19H25FN4O. The van der Waals surface area contributed by atoms with Crippen LogP contribution in [0.4, 0.5) is 4.39 Å². The summed E-state index contributed by atoms with van der Waals surface area (Å²) < 4.78 is 15.0. The summed E-state index contributed by atoms with van der Waals surface area (Å²) in [5, 5.41) is 7.92. The fourth-order valence-electron chi connectivity index (χ4n) is 3.50. The lowest BCUT2D eigenvalue weighted by molar-refractivity contribution is -0.135. The van der Waals surface area contributed by atoms with E-state index in [-0.39, 0.29) is 17.8 Å². The molecule has 134 valence electrons. The van der Waals surface area contributed by atoms with Gasteiger partial charge in [0.15, 0.2) is 0 Å². The van der Waals surface area contributed by atoms with E-state index in [1.54, 1.807) is 18.5 Å². The number of rotatable bonds is 6. The van der Waals surface area contributed by atoms with Crippen molar-refractivity contribution in [1.82, 2.24) is 19.7 Å². The highest BCUT2D eigenvalue weighted by atomic mass is 19.1. The Bertz CT molecular complexity index is 692. The van der Waals surface area contributed by atoms with Crippen molar-refractivity contribution in [2.75, 3.05) is 0 Å². The van der Waals surface area contributed by atoms with E-state index in [1.165, 1.54) is 31.4 Å². The second kappa shape index (κ2) is 8.23. The van der Waals surface area contributed by atoms with Gasteiger partial charge in [-0.25, -0.2) is 4.39 Å². The van der Waals surface area contributed by atoms with Gasteiger partial charge in [0.25, 0.3) is 0 Å². The number of halogens is 1. The van der Waals surface area contributed by atoms with Crippen LogP contribution in [0.1, 0.15) is 49.9 Å². The van der Waals surface area contributed by atoms with Crippen LogP contribution in [0.25, 0.3) is 0 Å². The molecule has 6 heteroatoms. The molecule has 25 heavy (non-hydrogen) atoms. The van der Waals surface area contributed by atoms with Crippen LogP contribution < -0.4 is 0 Å². The van der Waals surface area contributed by atoms with Gasteiger partial charge in [-0.2, -0.15) is 0 Å². The molecule has 2 aromatic rings. The number of carbonyl (C=O) groups is 1. The van der Waals surface area contributed by atoms with E-state index in [4.69, 9.17) is 0 Å².